The van der Waals surface area contributed by atoms with Crippen LogP contribution in [0.1, 0.15) is 39.2 Å². The van der Waals surface area contributed by atoms with Crippen molar-refractivity contribution in [3.05, 3.63) is 29.8 Å². The monoisotopic (exact) mass is 263 g/mol. The summed E-state index contributed by atoms with van der Waals surface area (Å²) in [7, 11) is 0. The largest absolute Gasteiger partial charge is 0.481 e. The first-order valence-corrected chi connectivity index (χ1v) is 6.48. The van der Waals surface area contributed by atoms with E-state index >= 15 is 0 Å². The first-order chi connectivity index (χ1) is 8.86. The summed E-state index contributed by atoms with van der Waals surface area (Å²) in [5.41, 5.74) is 0.797. The van der Waals surface area contributed by atoms with Crippen molar-refractivity contribution in [1.82, 2.24) is 0 Å². The van der Waals surface area contributed by atoms with Crippen LogP contribution in [-0.2, 0) is 16.0 Å². The normalized spacial score (nSPS) is 11.1. The molecule has 0 unspecified atom stereocenters. The fraction of sp³-hybridized carbons (Fsp3) is 0.467. The van der Waals surface area contributed by atoms with E-state index in [4.69, 9.17) is 5.11 Å². The summed E-state index contributed by atoms with van der Waals surface area (Å²) in [6, 6.07) is 7.61. The molecule has 0 aromatic heterocycles. The minimum absolute atomic E-state index is 0.0389. The van der Waals surface area contributed by atoms with Crippen molar-refractivity contribution in [3.8, 4) is 0 Å². The van der Waals surface area contributed by atoms with Crippen LogP contribution in [-0.4, -0.2) is 17.0 Å². The molecule has 4 heteroatoms. The average Bonchev–Trinajstić information content (AvgIpc) is 2.31. The van der Waals surface area contributed by atoms with E-state index in [0.29, 0.717) is 0 Å². The van der Waals surface area contributed by atoms with Crippen molar-refractivity contribution < 1.29 is 14.7 Å². The van der Waals surface area contributed by atoms with Crippen LogP contribution < -0.4 is 5.32 Å². The molecule has 2 N–H and O–H groups in total. The molecule has 104 valence electrons. The van der Waals surface area contributed by atoms with Gasteiger partial charge in [-0.05, 0) is 31.9 Å². The summed E-state index contributed by atoms with van der Waals surface area (Å²) in [5, 5.41) is 11.8. The predicted molar refractivity (Wildman–Crippen MR) is 75.1 cm³/mol. The highest BCUT2D eigenvalue weighted by atomic mass is 16.4. The minimum atomic E-state index is -1.05. The van der Waals surface area contributed by atoms with Crippen LogP contribution in [0.2, 0.25) is 0 Å². The second-order valence-electron chi connectivity index (χ2n) is 5.32. The van der Waals surface area contributed by atoms with Crippen LogP contribution in [0.5, 0.6) is 0 Å². The average molecular weight is 263 g/mol. The molecule has 0 aliphatic rings. The van der Waals surface area contributed by atoms with Gasteiger partial charge in [-0.3, -0.25) is 9.59 Å². The Hall–Kier alpha value is -1.84. The maximum Gasteiger partial charge on any atom is 0.309 e. The molecule has 0 saturated heterocycles. The molecule has 1 rings (SSSR count). The van der Waals surface area contributed by atoms with E-state index in [2.05, 4.69) is 12.2 Å². The van der Waals surface area contributed by atoms with E-state index in [9.17, 15) is 9.59 Å². The Kier molecular flexibility index (Phi) is 5.10. The number of para-hydroxylation sites is 1. The van der Waals surface area contributed by atoms with Crippen LogP contribution in [0.3, 0.4) is 0 Å². The summed E-state index contributed by atoms with van der Waals surface area (Å²) >= 11 is 0. The van der Waals surface area contributed by atoms with Gasteiger partial charge in [0.2, 0.25) is 5.91 Å². The van der Waals surface area contributed by atoms with Gasteiger partial charge in [0.1, 0.15) is 0 Å². The second-order valence-corrected chi connectivity index (χ2v) is 5.32. The van der Waals surface area contributed by atoms with Crippen LogP contribution in [0, 0.1) is 5.41 Å². The highest BCUT2D eigenvalue weighted by Gasteiger charge is 2.30. The van der Waals surface area contributed by atoms with Crippen molar-refractivity contribution in [2.45, 2.75) is 40.0 Å². The first kappa shape index (κ1) is 15.2. The molecular weight excluding hydrogens is 242 g/mol. The van der Waals surface area contributed by atoms with Gasteiger partial charge in [-0.25, -0.2) is 0 Å². The molecule has 0 radical (unpaired) electrons. The third-order valence-corrected chi connectivity index (χ3v) is 2.99. The number of hydrogen-bond donors (Lipinski definition) is 2. The third kappa shape index (κ3) is 4.39. The number of aliphatic carboxylic acids is 1. The van der Waals surface area contributed by atoms with Gasteiger partial charge in [0.15, 0.2) is 0 Å². The zero-order valence-electron chi connectivity index (χ0n) is 11.7. The molecule has 0 aliphatic heterocycles. The van der Waals surface area contributed by atoms with Crippen LogP contribution in [0.4, 0.5) is 5.69 Å². The Bertz CT molecular complexity index is 466. The number of benzene rings is 1. The van der Waals surface area contributed by atoms with E-state index in [1.807, 2.05) is 24.3 Å². The lowest BCUT2D eigenvalue weighted by molar-refractivity contribution is -0.148. The molecule has 19 heavy (non-hydrogen) atoms. The van der Waals surface area contributed by atoms with E-state index < -0.39 is 11.4 Å². The number of hydrogen-bond acceptors (Lipinski definition) is 2. The van der Waals surface area contributed by atoms with E-state index in [-0.39, 0.29) is 12.3 Å². The van der Waals surface area contributed by atoms with Crippen molar-refractivity contribution in [2.24, 2.45) is 5.41 Å². The summed E-state index contributed by atoms with van der Waals surface area (Å²) in [4.78, 5) is 22.9. The lowest BCUT2D eigenvalue weighted by Gasteiger charge is -2.19. The standard InChI is InChI=1S/C15H21NO3/c1-4-7-11-8-5-6-9-12(11)16-13(17)10-15(2,3)14(18)19/h5-6,8-9H,4,7,10H2,1-3H3,(H,16,17)(H,18,19). The third-order valence-electron chi connectivity index (χ3n) is 2.99. The quantitative estimate of drug-likeness (QED) is 0.828. The maximum absolute atomic E-state index is 11.9. The summed E-state index contributed by atoms with van der Waals surface area (Å²) < 4.78 is 0. The molecule has 0 bridgehead atoms. The molecule has 0 atom stereocenters. The lowest BCUT2D eigenvalue weighted by Crippen LogP contribution is -2.29. The topological polar surface area (TPSA) is 66.4 Å². The number of carbonyl (C=O) groups excluding carboxylic acids is 1. The van der Waals surface area contributed by atoms with Crippen LogP contribution in [0.25, 0.3) is 0 Å². The Morgan fingerprint density at radius 3 is 2.47 bits per heavy atom. The van der Waals surface area contributed by atoms with Gasteiger partial charge in [-0.1, -0.05) is 31.5 Å². The summed E-state index contributed by atoms with van der Waals surface area (Å²) in [6.45, 7) is 5.17. The fourth-order valence-electron chi connectivity index (χ4n) is 1.80. The molecule has 0 spiro atoms. The molecule has 4 nitrogen and oxygen atoms in total. The number of aryl methyl sites for hydroxylation is 1. The number of anilines is 1. The molecule has 0 heterocycles. The zero-order chi connectivity index (χ0) is 14.5. The molecule has 0 saturated carbocycles. The number of rotatable bonds is 6. The zero-order valence-corrected chi connectivity index (χ0v) is 11.7. The Balaban J connectivity index is 2.75. The number of nitrogens with one attached hydrogen (secondary N) is 1. The van der Waals surface area contributed by atoms with Crippen molar-refractivity contribution in [1.29, 1.82) is 0 Å². The van der Waals surface area contributed by atoms with Crippen LogP contribution in [0.15, 0.2) is 24.3 Å². The van der Waals surface area contributed by atoms with Gasteiger partial charge in [0, 0.05) is 12.1 Å². The summed E-state index contributed by atoms with van der Waals surface area (Å²) in [5.74, 6) is -1.24. The number of amides is 1. The van der Waals surface area contributed by atoms with E-state index in [0.717, 1.165) is 24.1 Å². The van der Waals surface area contributed by atoms with Crippen LogP contribution >= 0.6 is 0 Å². The number of carboxylic acids is 1. The Morgan fingerprint density at radius 1 is 1.26 bits per heavy atom. The minimum Gasteiger partial charge on any atom is -0.481 e. The van der Waals surface area contributed by atoms with Gasteiger partial charge in [-0.15, -0.1) is 0 Å². The highest BCUT2D eigenvalue weighted by molar-refractivity contribution is 5.94. The van der Waals surface area contributed by atoms with Gasteiger partial charge in [0.25, 0.3) is 0 Å². The van der Waals surface area contributed by atoms with Crippen molar-refractivity contribution in [3.63, 3.8) is 0 Å². The number of carbonyl (C=O) groups is 2. The van der Waals surface area contributed by atoms with Gasteiger partial charge in [-0.2, -0.15) is 0 Å². The Labute approximate surface area is 113 Å². The van der Waals surface area contributed by atoms with Gasteiger partial charge >= 0.3 is 5.97 Å². The Morgan fingerprint density at radius 2 is 1.89 bits per heavy atom. The van der Waals surface area contributed by atoms with Gasteiger partial charge < -0.3 is 10.4 Å². The molecule has 0 aliphatic carbocycles. The maximum atomic E-state index is 11.9. The molecule has 1 amide bonds. The summed E-state index contributed by atoms with van der Waals surface area (Å²) in [6.07, 6.45) is 1.84. The first-order valence-electron chi connectivity index (χ1n) is 6.48. The molecule has 1 aromatic carbocycles. The van der Waals surface area contributed by atoms with Crippen molar-refractivity contribution >= 4 is 17.6 Å². The van der Waals surface area contributed by atoms with Gasteiger partial charge in [0.05, 0.1) is 5.41 Å². The SMILES string of the molecule is CCCc1ccccc1NC(=O)CC(C)(C)C(=O)O. The molecule has 0 fully saturated rings. The fourth-order valence-corrected chi connectivity index (χ4v) is 1.80. The van der Waals surface area contributed by atoms with Crippen molar-refractivity contribution in [2.75, 3.05) is 5.32 Å². The predicted octanol–water partition coefficient (Wildman–Crippen LogP) is 3.08. The van der Waals surface area contributed by atoms with E-state index in [1.54, 1.807) is 13.8 Å². The lowest BCUT2D eigenvalue weighted by atomic mass is 9.89. The smallest absolute Gasteiger partial charge is 0.309 e. The second kappa shape index (κ2) is 6.36. The molecular formula is C15H21NO3. The molecule has 1 aromatic rings. The highest BCUT2D eigenvalue weighted by Crippen LogP contribution is 2.23. The van der Waals surface area contributed by atoms with E-state index in [1.165, 1.54) is 0 Å². The number of carboxylic acid groups (broad SMARTS) is 1.